The van der Waals surface area contributed by atoms with Gasteiger partial charge in [-0.15, -0.1) is 0 Å². The Kier molecular flexibility index (Phi) is 4.10. The number of hydrogen-bond acceptors (Lipinski definition) is 2. The maximum absolute atomic E-state index is 13.6. The molecule has 15 heavy (non-hydrogen) atoms. The summed E-state index contributed by atoms with van der Waals surface area (Å²) in [6, 6.07) is 5.09. The first-order valence-electron chi connectivity index (χ1n) is 4.68. The van der Waals surface area contributed by atoms with Crippen molar-refractivity contribution in [1.29, 1.82) is 5.26 Å². The molecule has 0 atom stereocenters. The van der Waals surface area contributed by atoms with E-state index in [1.807, 2.05) is 19.9 Å². The second-order valence-corrected chi connectivity index (χ2v) is 4.47. The fourth-order valence-corrected chi connectivity index (χ4v) is 1.52. The summed E-state index contributed by atoms with van der Waals surface area (Å²) < 4.78 is 13.9. The molecule has 0 saturated carbocycles. The average Bonchev–Trinajstić information content (AvgIpc) is 2.20. The number of benzene rings is 1. The van der Waals surface area contributed by atoms with Crippen LogP contribution in [0.2, 0.25) is 0 Å². The van der Waals surface area contributed by atoms with E-state index in [1.165, 1.54) is 0 Å². The van der Waals surface area contributed by atoms with E-state index in [-0.39, 0.29) is 4.47 Å². The molecule has 0 aromatic heterocycles. The van der Waals surface area contributed by atoms with Crippen LogP contribution in [0.4, 0.5) is 10.1 Å². The molecule has 1 aromatic rings. The molecule has 0 amide bonds. The van der Waals surface area contributed by atoms with Crippen LogP contribution < -0.4 is 5.32 Å². The highest BCUT2D eigenvalue weighted by Gasteiger charge is 2.10. The Morgan fingerprint density at radius 2 is 2.20 bits per heavy atom. The van der Waals surface area contributed by atoms with Crippen LogP contribution >= 0.6 is 15.9 Å². The first kappa shape index (κ1) is 12.0. The molecular weight excluding hydrogens is 259 g/mol. The van der Waals surface area contributed by atoms with E-state index >= 15 is 0 Å². The first-order valence-corrected chi connectivity index (χ1v) is 5.47. The van der Waals surface area contributed by atoms with Crippen molar-refractivity contribution in [2.24, 2.45) is 5.92 Å². The van der Waals surface area contributed by atoms with Gasteiger partial charge in [0.25, 0.3) is 0 Å². The fourth-order valence-electron chi connectivity index (χ4n) is 1.09. The largest absolute Gasteiger partial charge is 0.382 e. The van der Waals surface area contributed by atoms with Gasteiger partial charge in [-0.1, -0.05) is 13.8 Å². The Labute approximate surface area is 97.2 Å². The predicted octanol–water partition coefficient (Wildman–Crippen LogP) is 3.53. The van der Waals surface area contributed by atoms with Crippen molar-refractivity contribution < 1.29 is 4.39 Å². The van der Waals surface area contributed by atoms with Gasteiger partial charge in [0.2, 0.25) is 0 Å². The summed E-state index contributed by atoms with van der Waals surface area (Å²) in [7, 11) is 0. The molecule has 1 aromatic carbocycles. The lowest BCUT2D eigenvalue weighted by atomic mass is 10.2. The summed E-state index contributed by atoms with van der Waals surface area (Å²) in [5.41, 5.74) is 0.733. The minimum absolute atomic E-state index is 0.221. The van der Waals surface area contributed by atoms with Gasteiger partial charge in [-0.3, -0.25) is 0 Å². The normalized spacial score (nSPS) is 10.1. The molecule has 0 spiro atoms. The topological polar surface area (TPSA) is 35.8 Å². The van der Waals surface area contributed by atoms with E-state index in [4.69, 9.17) is 5.26 Å². The van der Waals surface area contributed by atoms with Crippen molar-refractivity contribution in [2.45, 2.75) is 13.8 Å². The summed E-state index contributed by atoms with van der Waals surface area (Å²) in [5.74, 6) is 0.0357. The van der Waals surface area contributed by atoms with Crippen molar-refractivity contribution >= 4 is 21.6 Å². The molecule has 0 saturated heterocycles. The summed E-state index contributed by atoms with van der Waals surface area (Å²) in [6.45, 7) is 4.79. The van der Waals surface area contributed by atoms with Crippen molar-refractivity contribution in [3.8, 4) is 6.07 Å². The summed E-state index contributed by atoms with van der Waals surface area (Å²) >= 11 is 3.06. The van der Waals surface area contributed by atoms with Gasteiger partial charge >= 0.3 is 0 Å². The van der Waals surface area contributed by atoms with E-state index in [2.05, 4.69) is 21.2 Å². The van der Waals surface area contributed by atoms with Crippen LogP contribution in [0.25, 0.3) is 0 Å². The van der Waals surface area contributed by atoms with Crippen LogP contribution in [0.1, 0.15) is 19.4 Å². The maximum Gasteiger partial charge on any atom is 0.161 e. The fraction of sp³-hybridized carbons (Fsp3) is 0.364. The van der Waals surface area contributed by atoms with Gasteiger partial charge in [0.05, 0.1) is 15.7 Å². The quantitative estimate of drug-likeness (QED) is 0.912. The third kappa shape index (κ3) is 2.93. The van der Waals surface area contributed by atoms with Gasteiger partial charge < -0.3 is 5.32 Å². The SMILES string of the molecule is CC(C)CNc1ccc(C#N)c(Br)c1F. The number of nitrogens with one attached hydrogen (secondary N) is 1. The molecule has 0 aliphatic heterocycles. The molecule has 0 unspecified atom stereocenters. The zero-order chi connectivity index (χ0) is 11.4. The molecule has 0 radical (unpaired) electrons. The van der Waals surface area contributed by atoms with Crippen molar-refractivity contribution in [3.63, 3.8) is 0 Å². The molecule has 0 heterocycles. The van der Waals surface area contributed by atoms with Gasteiger partial charge in [-0.25, -0.2) is 4.39 Å². The number of nitrogens with zero attached hydrogens (tertiary/aromatic N) is 1. The molecule has 1 rings (SSSR count). The Morgan fingerprint density at radius 3 is 2.73 bits per heavy atom. The minimum atomic E-state index is -0.408. The summed E-state index contributed by atoms with van der Waals surface area (Å²) in [5, 5.41) is 11.7. The van der Waals surface area contributed by atoms with E-state index < -0.39 is 5.82 Å². The van der Waals surface area contributed by atoms with E-state index in [9.17, 15) is 4.39 Å². The molecule has 0 aliphatic carbocycles. The van der Waals surface area contributed by atoms with Crippen LogP contribution in [0.3, 0.4) is 0 Å². The van der Waals surface area contributed by atoms with Gasteiger partial charge in [-0.05, 0) is 34.0 Å². The zero-order valence-electron chi connectivity index (χ0n) is 8.64. The smallest absolute Gasteiger partial charge is 0.161 e. The lowest BCUT2D eigenvalue weighted by Gasteiger charge is -2.11. The number of hydrogen-bond donors (Lipinski definition) is 1. The van der Waals surface area contributed by atoms with Crippen molar-refractivity contribution in [1.82, 2.24) is 0 Å². The average molecular weight is 271 g/mol. The highest BCUT2D eigenvalue weighted by Crippen LogP contribution is 2.26. The van der Waals surface area contributed by atoms with Crippen LogP contribution in [-0.2, 0) is 0 Å². The van der Waals surface area contributed by atoms with E-state index in [0.717, 1.165) is 0 Å². The number of rotatable bonds is 3. The number of halogens is 2. The molecule has 1 N–H and O–H groups in total. The van der Waals surface area contributed by atoms with Crippen LogP contribution in [0.15, 0.2) is 16.6 Å². The van der Waals surface area contributed by atoms with E-state index in [1.54, 1.807) is 12.1 Å². The summed E-state index contributed by atoms with van der Waals surface area (Å²) in [4.78, 5) is 0. The molecule has 2 nitrogen and oxygen atoms in total. The lowest BCUT2D eigenvalue weighted by Crippen LogP contribution is -2.09. The molecule has 4 heteroatoms. The lowest BCUT2D eigenvalue weighted by molar-refractivity contribution is 0.617. The highest BCUT2D eigenvalue weighted by atomic mass is 79.9. The highest BCUT2D eigenvalue weighted by molar-refractivity contribution is 9.10. The molecule has 0 aliphatic rings. The van der Waals surface area contributed by atoms with Gasteiger partial charge in [0, 0.05) is 6.54 Å². The van der Waals surface area contributed by atoms with Crippen LogP contribution in [0.5, 0.6) is 0 Å². The Morgan fingerprint density at radius 1 is 1.53 bits per heavy atom. The maximum atomic E-state index is 13.6. The molecular formula is C11H12BrFN2. The number of anilines is 1. The minimum Gasteiger partial charge on any atom is -0.382 e. The Balaban J connectivity index is 2.93. The molecule has 0 fully saturated rings. The van der Waals surface area contributed by atoms with Crippen molar-refractivity contribution in [2.75, 3.05) is 11.9 Å². The third-order valence-electron chi connectivity index (χ3n) is 1.90. The van der Waals surface area contributed by atoms with Gasteiger partial charge in [-0.2, -0.15) is 5.26 Å². The van der Waals surface area contributed by atoms with Crippen LogP contribution in [0, 0.1) is 23.1 Å². The monoisotopic (exact) mass is 270 g/mol. The van der Waals surface area contributed by atoms with Gasteiger partial charge in [0.15, 0.2) is 5.82 Å². The number of nitriles is 1. The standard InChI is InChI=1S/C11H12BrFN2/c1-7(2)6-15-9-4-3-8(5-14)10(12)11(9)13/h3-4,7,15H,6H2,1-2H3. The first-order chi connectivity index (χ1) is 7.06. The second-order valence-electron chi connectivity index (χ2n) is 3.68. The Hall–Kier alpha value is -1.08. The molecule has 80 valence electrons. The summed E-state index contributed by atoms with van der Waals surface area (Å²) in [6.07, 6.45) is 0. The zero-order valence-corrected chi connectivity index (χ0v) is 10.2. The third-order valence-corrected chi connectivity index (χ3v) is 2.68. The molecule has 0 bridgehead atoms. The van der Waals surface area contributed by atoms with E-state index in [0.29, 0.717) is 23.7 Å². The van der Waals surface area contributed by atoms with Crippen molar-refractivity contribution in [3.05, 3.63) is 28.0 Å². The Bertz CT molecular complexity index is 396. The van der Waals surface area contributed by atoms with Gasteiger partial charge in [0.1, 0.15) is 6.07 Å². The van der Waals surface area contributed by atoms with Crippen LogP contribution in [-0.4, -0.2) is 6.54 Å². The second kappa shape index (κ2) is 5.13. The predicted molar refractivity (Wildman–Crippen MR) is 62.1 cm³/mol.